The molecule has 3 amide bonds. The number of rotatable bonds is 5. The van der Waals surface area contributed by atoms with Crippen LogP contribution in [0.4, 0.5) is 15.2 Å². The monoisotopic (exact) mass is 424 g/mol. The summed E-state index contributed by atoms with van der Waals surface area (Å²) in [5.41, 5.74) is 1.67. The van der Waals surface area contributed by atoms with Crippen molar-refractivity contribution in [2.45, 2.75) is 6.54 Å². The molecule has 1 aromatic heterocycles. The van der Waals surface area contributed by atoms with Gasteiger partial charge in [-0.25, -0.2) is 14.3 Å². The highest BCUT2D eigenvalue weighted by Gasteiger charge is 2.37. The van der Waals surface area contributed by atoms with E-state index in [1.54, 1.807) is 0 Å². The van der Waals surface area contributed by atoms with Crippen molar-refractivity contribution in [3.8, 4) is 0 Å². The molecule has 0 radical (unpaired) electrons. The van der Waals surface area contributed by atoms with Crippen LogP contribution in [0, 0.1) is 5.82 Å². The Morgan fingerprint density at radius 3 is 2.50 bits per heavy atom. The third-order valence-corrected chi connectivity index (χ3v) is 5.29. The molecule has 0 fully saturated rings. The molecule has 4 rings (SSSR count). The van der Waals surface area contributed by atoms with Gasteiger partial charge in [0.05, 0.1) is 22.5 Å². The molecular weight excluding hydrogens is 407 g/mol. The number of halogens is 1. The van der Waals surface area contributed by atoms with Crippen LogP contribution in [0.1, 0.15) is 36.8 Å². The van der Waals surface area contributed by atoms with Gasteiger partial charge in [-0.3, -0.25) is 19.7 Å². The van der Waals surface area contributed by atoms with Crippen LogP contribution in [-0.2, 0) is 6.54 Å². The number of imide groups is 1. The zero-order valence-electron chi connectivity index (χ0n) is 16.2. The van der Waals surface area contributed by atoms with Gasteiger partial charge in [0.2, 0.25) is 0 Å². The second kappa shape index (κ2) is 7.77. The van der Waals surface area contributed by atoms with Crippen LogP contribution in [0.25, 0.3) is 0 Å². The van der Waals surface area contributed by atoms with Gasteiger partial charge in [-0.1, -0.05) is 0 Å². The molecule has 3 aromatic rings. The number of carbonyl (C=O) groups excluding carboxylic acids is 3. The van der Waals surface area contributed by atoms with Crippen molar-refractivity contribution in [2.24, 2.45) is 0 Å². The van der Waals surface area contributed by atoms with Crippen molar-refractivity contribution in [3.05, 3.63) is 76.0 Å². The van der Waals surface area contributed by atoms with Crippen molar-refractivity contribution < 1.29 is 18.8 Å². The Balaban J connectivity index is 1.56. The average molecular weight is 424 g/mol. The molecule has 0 unspecified atom stereocenters. The maximum Gasteiger partial charge on any atom is 0.266 e. The maximum absolute atomic E-state index is 13.2. The number of aromatic nitrogens is 1. The molecule has 0 saturated carbocycles. The lowest BCUT2D eigenvalue weighted by Crippen LogP contribution is -2.29. The molecule has 2 heterocycles. The minimum atomic E-state index is -0.557. The Hall–Kier alpha value is -3.43. The number of fused-ring (bicyclic) bond motifs is 1. The average Bonchev–Trinajstić information content (AvgIpc) is 3.24. The third-order valence-electron chi connectivity index (χ3n) is 4.48. The van der Waals surface area contributed by atoms with E-state index in [4.69, 9.17) is 0 Å². The second-order valence-corrected chi connectivity index (χ2v) is 7.88. The molecule has 0 saturated heterocycles. The van der Waals surface area contributed by atoms with Crippen LogP contribution < -0.4 is 10.2 Å². The van der Waals surface area contributed by atoms with Crippen LogP contribution in [0.2, 0.25) is 0 Å². The minimum Gasteiger partial charge on any atom is -0.304 e. The Bertz CT molecular complexity index is 1160. The van der Waals surface area contributed by atoms with Gasteiger partial charge in [0.15, 0.2) is 5.13 Å². The summed E-state index contributed by atoms with van der Waals surface area (Å²) in [5, 5.41) is 5.03. The van der Waals surface area contributed by atoms with E-state index in [2.05, 4.69) is 10.3 Å². The summed E-state index contributed by atoms with van der Waals surface area (Å²) in [5.74, 6) is -1.96. The fraction of sp³-hybridized carbons (Fsp3) is 0.143. The first kappa shape index (κ1) is 19.9. The lowest BCUT2D eigenvalue weighted by atomic mass is 10.1. The van der Waals surface area contributed by atoms with Crippen LogP contribution in [0.3, 0.4) is 0 Å². The van der Waals surface area contributed by atoms with Crippen molar-refractivity contribution in [3.63, 3.8) is 0 Å². The summed E-state index contributed by atoms with van der Waals surface area (Å²) in [6.45, 7) is 0.654. The van der Waals surface area contributed by atoms with Gasteiger partial charge in [0.25, 0.3) is 17.7 Å². The van der Waals surface area contributed by atoms with Gasteiger partial charge in [-0.05, 0) is 56.6 Å². The molecule has 2 aromatic carbocycles. The largest absolute Gasteiger partial charge is 0.304 e. The lowest BCUT2D eigenvalue weighted by molar-refractivity contribution is 0.0925. The zero-order chi connectivity index (χ0) is 21.4. The Morgan fingerprint density at radius 2 is 1.80 bits per heavy atom. The van der Waals surface area contributed by atoms with Gasteiger partial charge in [0.1, 0.15) is 5.82 Å². The minimum absolute atomic E-state index is 0.129. The third kappa shape index (κ3) is 3.72. The summed E-state index contributed by atoms with van der Waals surface area (Å²) < 4.78 is 13.2. The van der Waals surface area contributed by atoms with Gasteiger partial charge in [0, 0.05) is 17.5 Å². The summed E-state index contributed by atoms with van der Waals surface area (Å²) in [6.07, 6.45) is 0. The molecule has 0 bridgehead atoms. The number of amides is 3. The predicted molar refractivity (Wildman–Crippen MR) is 111 cm³/mol. The smallest absolute Gasteiger partial charge is 0.266 e. The standard InChI is InChI=1S/C21H17FN4O3S/c1-25(2)10-14-11-30-21(23-14)24-18(27)12-3-8-16-17(9-12)20(29)26(19(16)28)15-6-4-13(22)5-7-15/h3-9,11H,10H2,1-2H3,(H,23,24,27). The highest BCUT2D eigenvalue weighted by atomic mass is 32.1. The molecule has 1 N–H and O–H groups in total. The second-order valence-electron chi connectivity index (χ2n) is 7.02. The Labute approximate surface area is 175 Å². The van der Waals surface area contributed by atoms with Crippen LogP contribution in [0.5, 0.6) is 0 Å². The van der Waals surface area contributed by atoms with E-state index in [-0.39, 0.29) is 22.4 Å². The first-order valence-electron chi connectivity index (χ1n) is 9.02. The molecular formula is C21H17FN4O3S. The van der Waals surface area contributed by atoms with Gasteiger partial charge >= 0.3 is 0 Å². The molecule has 0 aliphatic carbocycles. The SMILES string of the molecule is CN(C)Cc1csc(NC(=O)c2ccc3c(c2)C(=O)N(c2ccc(F)cc2)C3=O)n1. The van der Waals surface area contributed by atoms with E-state index in [9.17, 15) is 18.8 Å². The summed E-state index contributed by atoms with van der Waals surface area (Å²) in [7, 11) is 3.85. The first-order chi connectivity index (χ1) is 14.3. The van der Waals surface area contributed by atoms with E-state index in [0.29, 0.717) is 11.7 Å². The van der Waals surface area contributed by atoms with Gasteiger partial charge in [-0.2, -0.15) is 0 Å². The molecule has 7 nitrogen and oxygen atoms in total. The number of hydrogen-bond acceptors (Lipinski definition) is 6. The quantitative estimate of drug-likeness (QED) is 0.635. The summed E-state index contributed by atoms with van der Waals surface area (Å²) in [4.78, 5) is 45.4. The number of anilines is 2. The van der Waals surface area contributed by atoms with E-state index in [1.807, 2.05) is 24.4 Å². The highest BCUT2D eigenvalue weighted by molar-refractivity contribution is 7.14. The number of benzene rings is 2. The Morgan fingerprint density at radius 1 is 1.10 bits per heavy atom. The number of hydrogen-bond donors (Lipinski definition) is 1. The molecule has 152 valence electrons. The number of carbonyl (C=O) groups is 3. The van der Waals surface area contributed by atoms with Crippen molar-refractivity contribution >= 4 is 39.9 Å². The molecule has 30 heavy (non-hydrogen) atoms. The van der Waals surface area contributed by atoms with Crippen LogP contribution >= 0.6 is 11.3 Å². The topological polar surface area (TPSA) is 82.6 Å². The van der Waals surface area contributed by atoms with Crippen LogP contribution in [0.15, 0.2) is 47.8 Å². The van der Waals surface area contributed by atoms with E-state index in [0.717, 1.165) is 10.6 Å². The fourth-order valence-electron chi connectivity index (χ4n) is 3.14. The normalized spacial score (nSPS) is 13.1. The fourth-order valence-corrected chi connectivity index (χ4v) is 3.83. The molecule has 0 atom stereocenters. The van der Waals surface area contributed by atoms with E-state index < -0.39 is 23.5 Å². The van der Waals surface area contributed by atoms with Crippen molar-refractivity contribution in [2.75, 3.05) is 24.3 Å². The van der Waals surface area contributed by atoms with Crippen molar-refractivity contribution in [1.82, 2.24) is 9.88 Å². The predicted octanol–water partition coefficient (Wildman–Crippen LogP) is 3.40. The van der Waals surface area contributed by atoms with Gasteiger partial charge in [-0.15, -0.1) is 11.3 Å². The van der Waals surface area contributed by atoms with E-state index in [1.165, 1.54) is 53.8 Å². The first-order valence-corrected chi connectivity index (χ1v) is 9.90. The van der Waals surface area contributed by atoms with Crippen molar-refractivity contribution in [1.29, 1.82) is 0 Å². The molecule has 1 aliphatic heterocycles. The van der Waals surface area contributed by atoms with Gasteiger partial charge < -0.3 is 4.90 Å². The highest BCUT2D eigenvalue weighted by Crippen LogP contribution is 2.29. The number of nitrogens with zero attached hydrogens (tertiary/aromatic N) is 3. The lowest BCUT2D eigenvalue weighted by Gasteiger charge is -2.13. The number of nitrogens with one attached hydrogen (secondary N) is 1. The van der Waals surface area contributed by atoms with Crippen LogP contribution in [-0.4, -0.2) is 41.7 Å². The van der Waals surface area contributed by atoms with E-state index >= 15 is 0 Å². The molecule has 0 spiro atoms. The summed E-state index contributed by atoms with van der Waals surface area (Å²) in [6, 6.07) is 9.40. The molecule has 1 aliphatic rings. The zero-order valence-corrected chi connectivity index (χ0v) is 17.0. The number of thiazole rings is 1. The maximum atomic E-state index is 13.2. The Kier molecular flexibility index (Phi) is 5.15. The molecule has 9 heteroatoms. The summed E-state index contributed by atoms with van der Waals surface area (Å²) >= 11 is 1.31.